The smallest absolute Gasteiger partial charge is 0.0464 e. The fourth-order valence-electron chi connectivity index (χ4n) is 6.10. The molecule has 0 aliphatic heterocycles. The molecular weight excluding hydrogens is 581 g/mol. The topological polar surface area (TPSA) is 6.48 Å². The van der Waals surface area contributed by atoms with Crippen molar-refractivity contribution < 1.29 is 0 Å². The van der Waals surface area contributed by atoms with Gasteiger partial charge < -0.3 is 9.80 Å². The molecule has 232 valence electrons. The van der Waals surface area contributed by atoms with E-state index in [4.69, 9.17) is 0 Å². The van der Waals surface area contributed by atoms with Gasteiger partial charge in [0.05, 0.1) is 0 Å². The molecule has 7 rings (SSSR count). The molecule has 0 saturated heterocycles. The molecule has 0 bridgehead atoms. The van der Waals surface area contributed by atoms with Crippen LogP contribution in [0.3, 0.4) is 0 Å². The van der Waals surface area contributed by atoms with E-state index in [1.54, 1.807) is 0 Å². The van der Waals surface area contributed by atoms with Crippen LogP contribution in [0.4, 0.5) is 34.1 Å². The first-order chi connectivity index (χ1) is 23.6. The van der Waals surface area contributed by atoms with Gasteiger partial charge in [0.25, 0.3) is 0 Å². The highest BCUT2D eigenvalue weighted by atomic mass is 15.1. The Morgan fingerprint density at radius 3 is 1.06 bits per heavy atom. The van der Waals surface area contributed by atoms with E-state index in [-0.39, 0.29) is 0 Å². The molecule has 0 heterocycles. The Hall–Kier alpha value is -6.12. The highest BCUT2D eigenvalue weighted by Gasteiger charge is 2.13. The Balaban J connectivity index is 1.07. The zero-order chi connectivity index (χ0) is 32.7. The molecule has 7 aromatic carbocycles. The molecule has 0 unspecified atom stereocenters. The van der Waals surface area contributed by atoms with E-state index in [0.717, 1.165) is 39.7 Å². The molecule has 0 aliphatic carbocycles. The van der Waals surface area contributed by atoms with Gasteiger partial charge in [0.2, 0.25) is 0 Å². The Morgan fingerprint density at radius 2 is 0.646 bits per heavy atom. The number of para-hydroxylation sites is 2. The summed E-state index contributed by atoms with van der Waals surface area (Å²) in [5.41, 5.74) is 14.0. The Labute approximate surface area is 284 Å². The lowest BCUT2D eigenvalue weighted by atomic mass is 10.0. The Morgan fingerprint density at radius 1 is 0.312 bits per heavy atom. The molecule has 0 spiro atoms. The second-order valence-corrected chi connectivity index (χ2v) is 12.1. The fraction of sp³-hybridized carbons (Fsp3) is 0.0435. The summed E-state index contributed by atoms with van der Waals surface area (Å²) >= 11 is 0. The molecule has 2 nitrogen and oxygen atoms in total. The molecule has 0 radical (unpaired) electrons. The van der Waals surface area contributed by atoms with Crippen LogP contribution in [0.5, 0.6) is 0 Å². The molecular formula is C46H38N2. The standard InChI is InChI=1S/C46H38N2/c1-35-11-9-17-45(33-35)47(41-13-5-3-6-14-41)43-29-23-38(24-30-43)20-19-37-21-25-39(26-22-37)40-27-31-44(32-28-40)48(42-15-7-4-8-16-42)46-18-10-12-36(2)34-46/h3-34H,1-2H3/b20-19+. The molecule has 0 fully saturated rings. The van der Waals surface area contributed by atoms with Crippen molar-refractivity contribution in [1.82, 2.24) is 0 Å². The average Bonchev–Trinajstić information content (AvgIpc) is 3.13. The number of nitrogens with zero attached hydrogens (tertiary/aromatic N) is 2. The van der Waals surface area contributed by atoms with E-state index in [2.05, 4.69) is 218 Å². The van der Waals surface area contributed by atoms with Crippen molar-refractivity contribution in [3.8, 4) is 11.1 Å². The molecule has 0 aromatic heterocycles. The zero-order valence-corrected chi connectivity index (χ0v) is 27.4. The first-order valence-corrected chi connectivity index (χ1v) is 16.4. The van der Waals surface area contributed by atoms with Crippen molar-refractivity contribution in [3.63, 3.8) is 0 Å². The third kappa shape index (κ3) is 6.99. The molecule has 7 aromatic rings. The number of hydrogen-bond acceptors (Lipinski definition) is 2. The van der Waals surface area contributed by atoms with Gasteiger partial charge in [-0.1, -0.05) is 121 Å². The SMILES string of the molecule is Cc1cccc(N(c2ccccc2)c2ccc(/C=C/c3ccc(-c4ccc(N(c5ccccc5)c5cccc(C)c5)cc4)cc3)cc2)c1. The molecule has 0 atom stereocenters. The van der Waals surface area contributed by atoms with Gasteiger partial charge in [0.1, 0.15) is 0 Å². The van der Waals surface area contributed by atoms with Gasteiger partial charge in [0, 0.05) is 34.1 Å². The largest absolute Gasteiger partial charge is 0.310 e. The van der Waals surface area contributed by atoms with E-state index in [0.29, 0.717) is 0 Å². The van der Waals surface area contributed by atoms with Gasteiger partial charge in [-0.15, -0.1) is 0 Å². The van der Waals surface area contributed by atoms with Crippen LogP contribution in [0.15, 0.2) is 182 Å². The van der Waals surface area contributed by atoms with E-state index in [9.17, 15) is 0 Å². The van der Waals surface area contributed by atoms with Gasteiger partial charge >= 0.3 is 0 Å². The van der Waals surface area contributed by atoms with E-state index in [1.165, 1.54) is 27.8 Å². The minimum Gasteiger partial charge on any atom is -0.310 e. The summed E-state index contributed by atoms with van der Waals surface area (Å²) < 4.78 is 0. The van der Waals surface area contributed by atoms with Crippen LogP contribution in [0, 0.1) is 13.8 Å². The monoisotopic (exact) mass is 618 g/mol. The summed E-state index contributed by atoms with van der Waals surface area (Å²) in [5, 5.41) is 0. The number of aryl methyl sites for hydroxylation is 2. The van der Waals surface area contributed by atoms with Crippen molar-refractivity contribution in [2.24, 2.45) is 0 Å². The predicted octanol–water partition coefficient (Wildman–Crippen LogP) is 13.1. The first-order valence-electron chi connectivity index (χ1n) is 16.4. The quantitative estimate of drug-likeness (QED) is 0.149. The van der Waals surface area contributed by atoms with Gasteiger partial charge in [-0.3, -0.25) is 0 Å². The first kappa shape index (κ1) is 30.5. The van der Waals surface area contributed by atoms with Crippen LogP contribution in [-0.2, 0) is 0 Å². The van der Waals surface area contributed by atoms with E-state index < -0.39 is 0 Å². The van der Waals surface area contributed by atoms with Gasteiger partial charge in [-0.2, -0.15) is 0 Å². The molecule has 2 heteroatoms. The predicted molar refractivity (Wildman–Crippen MR) is 206 cm³/mol. The minimum atomic E-state index is 1.13. The molecule has 0 amide bonds. The number of anilines is 6. The van der Waals surface area contributed by atoms with Crippen LogP contribution in [0.1, 0.15) is 22.3 Å². The third-order valence-electron chi connectivity index (χ3n) is 8.54. The van der Waals surface area contributed by atoms with E-state index >= 15 is 0 Å². The van der Waals surface area contributed by atoms with Crippen molar-refractivity contribution in [2.45, 2.75) is 13.8 Å². The highest BCUT2D eigenvalue weighted by Crippen LogP contribution is 2.37. The van der Waals surface area contributed by atoms with Gasteiger partial charge in [-0.05, 0) is 120 Å². The van der Waals surface area contributed by atoms with Crippen LogP contribution in [0.25, 0.3) is 23.3 Å². The summed E-state index contributed by atoms with van der Waals surface area (Å²) in [5.74, 6) is 0. The molecule has 0 saturated carbocycles. The molecule has 0 aliphatic rings. The second-order valence-electron chi connectivity index (χ2n) is 12.1. The number of benzene rings is 7. The summed E-state index contributed by atoms with van der Waals surface area (Å²) in [6.45, 7) is 4.27. The highest BCUT2D eigenvalue weighted by molar-refractivity contribution is 5.80. The van der Waals surface area contributed by atoms with Crippen LogP contribution in [0.2, 0.25) is 0 Å². The lowest BCUT2D eigenvalue weighted by Crippen LogP contribution is -2.09. The summed E-state index contributed by atoms with van der Waals surface area (Å²) in [4.78, 5) is 4.60. The summed E-state index contributed by atoms with van der Waals surface area (Å²) in [6, 6.07) is 64.7. The Bertz CT molecular complexity index is 2110. The van der Waals surface area contributed by atoms with Crippen molar-refractivity contribution in [1.29, 1.82) is 0 Å². The summed E-state index contributed by atoms with van der Waals surface area (Å²) in [6.07, 6.45) is 4.35. The average molecular weight is 619 g/mol. The maximum absolute atomic E-state index is 2.30. The van der Waals surface area contributed by atoms with E-state index in [1.807, 2.05) is 0 Å². The van der Waals surface area contributed by atoms with Crippen LogP contribution in [-0.4, -0.2) is 0 Å². The second kappa shape index (κ2) is 14.1. The minimum absolute atomic E-state index is 1.13. The lowest BCUT2D eigenvalue weighted by molar-refractivity contribution is 1.27. The molecule has 48 heavy (non-hydrogen) atoms. The number of hydrogen-bond donors (Lipinski definition) is 0. The summed E-state index contributed by atoms with van der Waals surface area (Å²) in [7, 11) is 0. The van der Waals surface area contributed by atoms with Crippen LogP contribution < -0.4 is 9.80 Å². The van der Waals surface area contributed by atoms with Crippen molar-refractivity contribution in [3.05, 3.63) is 204 Å². The van der Waals surface area contributed by atoms with Gasteiger partial charge in [-0.25, -0.2) is 0 Å². The van der Waals surface area contributed by atoms with Crippen LogP contribution >= 0.6 is 0 Å². The van der Waals surface area contributed by atoms with Gasteiger partial charge in [0.15, 0.2) is 0 Å². The lowest BCUT2D eigenvalue weighted by Gasteiger charge is -2.26. The molecule has 0 N–H and O–H groups in total. The Kier molecular flexibility index (Phi) is 8.97. The fourth-order valence-corrected chi connectivity index (χ4v) is 6.10. The third-order valence-corrected chi connectivity index (χ3v) is 8.54. The maximum atomic E-state index is 2.30. The van der Waals surface area contributed by atoms with Crippen molar-refractivity contribution >= 4 is 46.3 Å². The zero-order valence-electron chi connectivity index (χ0n) is 27.4. The number of rotatable bonds is 9. The van der Waals surface area contributed by atoms with Crippen molar-refractivity contribution in [2.75, 3.05) is 9.80 Å². The normalized spacial score (nSPS) is 11.0. The maximum Gasteiger partial charge on any atom is 0.0464 e.